The van der Waals surface area contributed by atoms with Gasteiger partial charge in [0.15, 0.2) is 0 Å². The topological polar surface area (TPSA) is 82.9 Å². The number of carbonyl (C=O) groups is 2. The normalized spacial score (nSPS) is 11.8. The fourth-order valence-electron chi connectivity index (χ4n) is 3.22. The highest BCUT2D eigenvalue weighted by Crippen LogP contribution is 2.15. The van der Waals surface area contributed by atoms with E-state index in [1.165, 1.54) is 11.1 Å². The summed E-state index contributed by atoms with van der Waals surface area (Å²) in [5.74, 6) is -0.822. The van der Waals surface area contributed by atoms with Gasteiger partial charge >= 0.3 is 0 Å². The van der Waals surface area contributed by atoms with Gasteiger partial charge in [0.05, 0.1) is 12.4 Å². The van der Waals surface area contributed by atoms with E-state index in [4.69, 9.17) is 0 Å². The lowest BCUT2D eigenvalue weighted by atomic mass is 10.0. The first-order chi connectivity index (χ1) is 15.8. The molecule has 0 atom stereocenters. The summed E-state index contributed by atoms with van der Waals surface area (Å²) < 4.78 is 0. The molecule has 2 N–H and O–H groups in total. The van der Waals surface area contributed by atoms with Crippen LogP contribution in [0, 0.1) is 5.92 Å². The highest BCUT2D eigenvalue weighted by Gasteiger charge is 2.25. The van der Waals surface area contributed by atoms with Crippen LogP contribution in [0.3, 0.4) is 0 Å². The first-order valence-electron chi connectivity index (χ1n) is 11.7. The van der Waals surface area contributed by atoms with Gasteiger partial charge in [0.1, 0.15) is 5.92 Å². The SMILES string of the molecule is CCCCC(C(=O)N/N=C/c1ccc(C(C)C)cc1)C(=O)N/N=C/c1ccc(C(C)C)cc1. The van der Waals surface area contributed by atoms with Gasteiger partial charge in [0, 0.05) is 0 Å². The van der Waals surface area contributed by atoms with E-state index in [1.807, 2.05) is 55.5 Å². The van der Waals surface area contributed by atoms with Gasteiger partial charge in [0.2, 0.25) is 0 Å². The van der Waals surface area contributed by atoms with Gasteiger partial charge in [-0.15, -0.1) is 0 Å². The highest BCUT2D eigenvalue weighted by atomic mass is 16.2. The van der Waals surface area contributed by atoms with Crippen LogP contribution in [0.15, 0.2) is 58.7 Å². The van der Waals surface area contributed by atoms with Crippen LogP contribution in [0.1, 0.15) is 88.0 Å². The second-order valence-electron chi connectivity index (χ2n) is 8.81. The average Bonchev–Trinajstić information content (AvgIpc) is 2.80. The molecule has 0 aliphatic rings. The number of benzene rings is 2. The van der Waals surface area contributed by atoms with E-state index in [9.17, 15) is 9.59 Å². The number of rotatable bonds is 11. The number of hydrogen-bond acceptors (Lipinski definition) is 4. The Labute approximate surface area is 197 Å². The Morgan fingerprint density at radius 1 is 0.758 bits per heavy atom. The Bertz CT molecular complexity index is 870. The second kappa shape index (κ2) is 13.3. The van der Waals surface area contributed by atoms with E-state index in [1.54, 1.807) is 12.4 Å². The maximum Gasteiger partial charge on any atom is 0.252 e. The van der Waals surface area contributed by atoms with Gasteiger partial charge in [-0.05, 0) is 40.5 Å². The molecule has 2 rings (SSSR count). The van der Waals surface area contributed by atoms with Gasteiger partial charge in [0.25, 0.3) is 11.8 Å². The monoisotopic (exact) mass is 448 g/mol. The smallest absolute Gasteiger partial charge is 0.252 e. The number of unbranched alkanes of at least 4 members (excludes halogenated alkanes) is 1. The van der Waals surface area contributed by atoms with Crippen LogP contribution in [-0.2, 0) is 9.59 Å². The second-order valence-corrected chi connectivity index (χ2v) is 8.81. The lowest BCUT2D eigenvalue weighted by molar-refractivity contribution is -0.135. The molecule has 0 fully saturated rings. The van der Waals surface area contributed by atoms with Crippen molar-refractivity contribution in [2.45, 2.75) is 65.7 Å². The molecule has 0 bridgehead atoms. The Morgan fingerprint density at radius 2 is 1.15 bits per heavy atom. The molecule has 0 heterocycles. The van der Waals surface area contributed by atoms with Crippen molar-refractivity contribution < 1.29 is 9.59 Å². The summed E-state index contributed by atoms with van der Waals surface area (Å²) in [7, 11) is 0. The van der Waals surface area contributed by atoms with E-state index < -0.39 is 17.7 Å². The molecule has 0 saturated heterocycles. The summed E-state index contributed by atoms with van der Waals surface area (Å²) in [6.07, 6.45) is 5.23. The maximum atomic E-state index is 12.6. The van der Waals surface area contributed by atoms with E-state index >= 15 is 0 Å². The van der Waals surface area contributed by atoms with Crippen molar-refractivity contribution in [3.8, 4) is 0 Å². The zero-order valence-electron chi connectivity index (χ0n) is 20.3. The number of amides is 2. The van der Waals surface area contributed by atoms with Crippen LogP contribution in [0.2, 0.25) is 0 Å². The first kappa shape index (κ1) is 26.0. The third-order valence-corrected chi connectivity index (χ3v) is 5.46. The molecule has 2 amide bonds. The fraction of sp³-hybridized carbons (Fsp3) is 0.407. The van der Waals surface area contributed by atoms with E-state index in [2.05, 4.69) is 48.7 Å². The van der Waals surface area contributed by atoms with Crippen LogP contribution in [-0.4, -0.2) is 24.2 Å². The Balaban J connectivity index is 1.95. The molecule has 6 nitrogen and oxygen atoms in total. The van der Waals surface area contributed by atoms with Crippen molar-refractivity contribution in [2.75, 3.05) is 0 Å². The number of nitrogens with zero attached hydrogens (tertiary/aromatic N) is 2. The number of hydrazone groups is 2. The molecule has 6 heteroatoms. The quantitative estimate of drug-likeness (QED) is 0.276. The number of nitrogens with one attached hydrogen (secondary N) is 2. The molecule has 33 heavy (non-hydrogen) atoms. The molecule has 0 aromatic heterocycles. The van der Waals surface area contributed by atoms with E-state index in [0.29, 0.717) is 18.3 Å². The summed E-state index contributed by atoms with van der Waals surface area (Å²) in [6, 6.07) is 16.0. The molecular formula is C27H36N4O2. The fourth-order valence-corrected chi connectivity index (χ4v) is 3.22. The summed E-state index contributed by atoms with van der Waals surface area (Å²) >= 11 is 0. The van der Waals surface area contributed by atoms with Crippen molar-refractivity contribution in [1.29, 1.82) is 0 Å². The van der Waals surface area contributed by atoms with Gasteiger partial charge in [-0.1, -0.05) is 96.0 Å². The molecule has 176 valence electrons. The minimum absolute atomic E-state index is 0.436. The maximum absolute atomic E-state index is 12.6. The molecule has 0 radical (unpaired) electrons. The average molecular weight is 449 g/mol. The van der Waals surface area contributed by atoms with Crippen LogP contribution >= 0.6 is 0 Å². The third kappa shape index (κ3) is 8.64. The standard InChI is InChI=1S/C27H36N4O2/c1-6-7-8-25(26(32)30-28-17-21-9-13-23(14-10-21)19(2)3)27(33)31-29-18-22-11-15-24(16-12-22)20(4)5/h9-20,25H,6-8H2,1-5H3,(H,30,32)(H,31,33)/b28-17+,29-18+. The van der Waals surface area contributed by atoms with Crippen LogP contribution in [0.25, 0.3) is 0 Å². The van der Waals surface area contributed by atoms with Crippen molar-refractivity contribution in [2.24, 2.45) is 16.1 Å². The summed E-state index contributed by atoms with van der Waals surface area (Å²) in [6.45, 7) is 10.6. The minimum Gasteiger partial charge on any atom is -0.272 e. The number of hydrogen-bond donors (Lipinski definition) is 2. The van der Waals surface area contributed by atoms with Crippen molar-refractivity contribution in [3.63, 3.8) is 0 Å². The summed E-state index contributed by atoms with van der Waals surface area (Å²) in [5.41, 5.74) is 9.24. The zero-order valence-corrected chi connectivity index (χ0v) is 20.3. The molecule has 0 unspecified atom stereocenters. The Kier molecular flexibility index (Phi) is 10.5. The van der Waals surface area contributed by atoms with Gasteiger partial charge < -0.3 is 0 Å². The first-order valence-corrected chi connectivity index (χ1v) is 11.7. The van der Waals surface area contributed by atoms with Gasteiger partial charge in [-0.2, -0.15) is 10.2 Å². The third-order valence-electron chi connectivity index (χ3n) is 5.46. The molecule has 0 aliphatic carbocycles. The predicted octanol–water partition coefficient (Wildman–Crippen LogP) is 5.34. The molecule has 2 aromatic carbocycles. The molecule has 2 aromatic rings. The molecular weight excluding hydrogens is 412 g/mol. The largest absolute Gasteiger partial charge is 0.272 e. The van der Waals surface area contributed by atoms with Crippen molar-refractivity contribution in [1.82, 2.24) is 10.9 Å². The summed E-state index contributed by atoms with van der Waals surface area (Å²) in [5, 5.41) is 8.07. The van der Waals surface area contributed by atoms with E-state index in [0.717, 1.165) is 24.0 Å². The van der Waals surface area contributed by atoms with Gasteiger partial charge in [-0.3, -0.25) is 9.59 Å². The van der Waals surface area contributed by atoms with Crippen molar-refractivity contribution in [3.05, 3.63) is 70.8 Å². The molecule has 0 saturated carbocycles. The molecule has 0 aliphatic heterocycles. The lowest BCUT2D eigenvalue weighted by Gasteiger charge is -2.13. The van der Waals surface area contributed by atoms with E-state index in [-0.39, 0.29) is 0 Å². The summed E-state index contributed by atoms with van der Waals surface area (Å²) in [4.78, 5) is 25.2. The highest BCUT2D eigenvalue weighted by molar-refractivity contribution is 6.00. The zero-order chi connectivity index (χ0) is 24.2. The Morgan fingerprint density at radius 3 is 1.48 bits per heavy atom. The molecule has 0 spiro atoms. The van der Waals surface area contributed by atoms with Gasteiger partial charge in [-0.25, -0.2) is 10.9 Å². The van der Waals surface area contributed by atoms with Crippen molar-refractivity contribution >= 4 is 24.2 Å². The van der Waals surface area contributed by atoms with Crippen LogP contribution in [0.4, 0.5) is 0 Å². The predicted molar refractivity (Wildman–Crippen MR) is 136 cm³/mol. The van der Waals surface area contributed by atoms with Crippen LogP contribution < -0.4 is 10.9 Å². The van der Waals surface area contributed by atoms with Crippen LogP contribution in [0.5, 0.6) is 0 Å². The Hall–Kier alpha value is -3.28. The minimum atomic E-state index is -0.856. The number of carbonyl (C=O) groups excluding carboxylic acids is 2. The lowest BCUT2D eigenvalue weighted by Crippen LogP contribution is -2.38.